The average molecular weight is 330 g/mol. The van der Waals surface area contributed by atoms with Gasteiger partial charge in [-0.25, -0.2) is 13.2 Å². The lowest BCUT2D eigenvalue weighted by Crippen LogP contribution is -2.07. The summed E-state index contributed by atoms with van der Waals surface area (Å²) in [5.74, 6) is -1.36. The van der Waals surface area contributed by atoms with Crippen LogP contribution in [0.4, 0.5) is 13.2 Å². The van der Waals surface area contributed by atoms with Gasteiger partial charge < -0.3 is 0 Å². The summed E-state index contributed by atoms with van der Waals surface area (Å²) < 4.78 is 41.7. The van der Waals surface area contributed by atoms with E-state index < -0.39 is 11.6 Å². The van der Waals surface area contributed by atoms with Crippen LogP contribution in [-0.4, -0.2) is 0 Å². The van der Waals surface area contributed by atoms with E-state index in [-0.39, 0.29) is 5.82 Å². The van der Waals surface area contributed by atoms with E-state index in [1.54, 1.807) is 12.1 Å². The molecule has 3 rings (SSSR count). The van der Waals surface area contributed by atoms with E-state index in [9.17, 15) is 13.2 Å². The van der Waals surface area contributed by atoms with Crippen LogP contribution in [0.3, 0.4) is 0 Å². The normalized spacial score (nSPS) is 13.6. The second kappa shape index (κ2) is 7.25. The fourth-order valence-corrected chi connectivity index (χ4v) is 3.30. The van der Waals surface area contributed by atoms with Gasteiger partial charge in [-0.2, -0.15) is 0 Å². The molecule has 0 radical (unpaired) electrons. The van der Waals surface area contributed by atoms with Gasteiger partial charge in [0.2, 0.25) is 0 Å². The Labute approximate surface area is 141 Å². The van der Waals surface area contributed by atoms with Crippen molar-refractivity contribution in [2.45, 2.75) is 45.4 Å². The number of aryl methyl sites for hydroxylation is 1. The average Bonchev–Trinajstić information content (AvgIpc) is 2.54. The van der Waals surface area contributed by atoms with Crippen LogP contribution < -0.4 is 0 Å². The zero-order valence-electron chi connectivity index (χ0n) is 13.8. The SMILES string of the molecule is CCCCCc1ccc(C2=CCc3c(F)cc(F)cc3C2)c(F)c1. The summed E-state index contributed by atoms with van der Waals surface area (Å²) in [4.78, 5) is 0. The van der Waals surface area contributed by atoms with Gasteiger partial charge in [-0.1, -0.05) is 38.0 Å². The fraction of sp³-hybridized carbons (Fsp3) is 0.333. The fourth-order valence-electron chi connectivity index (χ4n) is 3.30. The molecule has 126 valence electrons. The molecular formula is C21H21F3. The van der Waals surface area contributed by atoms with Gasteiger partial charge in [0, 0.05) is 11.6 Å². The third kappa shape index (κ3) is 3.55. The lowest BCUT2D eigenvalue weighted by atomic mass is 9.87. The Morgan fingerprint density at radius 2 is 1.79 bits per heavy atom. The molecule has 0 saturated heterocycles. The summed E-state index contributed by atoms with van der Waals surface area (Å²) in [6.45, 7) is 2.14. The van der Waals surface area contributed by atoms with Crippen LogP contribution in [0.25, 0.3) is 5.57 Å². The zero-order valence-corrected chi connectivity index (χ0v) is 13.8. The van der Waals surface area contributed by atoms with Gasteiger partial charge in [-0.05, 0) is 60.1 Å². The standard InChI is InChI=1S/C21H21F3/c1-2-3-4-5-14-6-8-18(20(23)10-14)15-7-9-19-16(11-15)12-17(22)13-21(19)24/h6-8,10,12-13H,2-5,9,11H2,1H3. The van der Waals surface area contributed by atoms with E-state index >= 15 is 0 Å². The molecule has 1 aliphatic rings. The minimum Gasteiger partial charge on any atom is -0.207 e. The second-order valence-electron chi connectivity index (χ2n) is 6.41. The van der Waals surface area contributed by atoms with E-state index in [0.717, 1.165) is 42.9 Å². The molecule has 0 aromatic heterocycles. The van der Waals surface area contributed by atoms with Crippen molar-refractivity contribution in [2.24, 2.45) is 0 Å². The maximum Gasteiger partial charge on any atom is 0.130 e. The van der Waals surface area contributed by atoms with E-state index in [0.29, 0.717) is 29.5 Å². The highest BCUT2D eigenvalue weighted by Gasteiger charge is 2.19. The van der Waals surface area contributed by atoms with E-state index in [4.69, 9.17) is 0 Å². The maximum atomic E-state index is 14.5. The predicted molar refractivity (Wildman–Crippen MR) is 91.4 cm³/mol. The highest BCUT2D eigenvalue weighted by molar-refractivity contribution is 5.71. The monoisotopic (exact) mass is 330 g/mol. The molecule has 3 heteroatoms. The molecule has 0 saturated carbocycles. The number of unbranched alkanes of at least 4 members (excludes halogenated alkanes) is 2. The van der Waals surface area contributed by atoms with Crippen LogP contribution in [0.5, 0.6) is 0 Å². The zero-order chi connectivity index (χ0) is 17.1. The number of halogens is 3. The van der Waals surface area contributed by atoms with Gasteiger partial charge in [0.1, 0.15) is 17.5 Å². The van der Waals surface area contributed by atoms with Crippen molar-refractivity contribution in [1.82, 2.24) is 0 Å². The Morgan fingerprint density at radius 1 is 0.958 bits per heavy atom. The lowest BCUT2D eigenvalue weighted by molar-refractivity contribution is 0.571. The minimum absolute atomic E-state index is 0.254. The summed E-state index contributed by atoms with van der Waals surface area (Å²) in [6.07, 6.45) is 6.79. The first-order chi connectivity index (χ1) is 11.6. The van der Waals surface area contributed by atoms with Crippen molar-refractivity contribution in [1.29, 1.82) is 0 Å². The third-order valence-corrected chi connectivity index (χ3v) is 4.63. The summed E-state index contributed by atoms with van der Waals surface area (Å²) in [6, 6.07) is 7.60. The molecule has 0 spiro atoms. The van der Waals surface area contributed by atoms with Crippen molar-refractivity contribution in [2.75, 3.05) is 0 Å². The molecule has 0 fully saturated rings. The Morgan fingerprint density at radius 3 is 2.54 bits per heavy atom. The van der Waals surface area contributed by atoms with Gasteiger partial charge in [0.15, 0.2) is 0 Å². The van der Waals surface area contributed by atoms with Gasteiger partial charge in [0.25, 0.3) is 0 Å². The molecule has 2 aromatic rings. The van der Waals surface area contributed by atoms with E-state index in [1.807, 2.05) is 12.1 Å². The van der Waals surface area contributed by atoms with E-state index in [1.165, 1.54) is 6.07 Å². The van der Waals surface area contributed by atoms with Crippen LogP contribution in [0, 0.1) is 17.5 Å². The van der Waals surface area contributed by atoms with Gasteiger partial charge >= 0.3 is 0 Å². The first-order valence-corrected chi connectivity index (χ1v) is 8.53. The Hall–Kier alpha value is -2.03. The highest BCUT2D eigenvalue weighted by atomic mass is 19.1. The molecule has 0 aliphatic heterocycles. The van der Waals surface area contributed by atoms with Crippen LogP contribution in [0.1, 0.15) is 48.4 Å². The van der Waals surface area contributed by atoms with Crippen LogP contribution in [-0.2, 0) is 19.3 Å². The predicted octanol–water partition coefficient (Wildman–Crippen LogP) is 6.02. The molecule has 0 N–H and O–H groups in total. The van der Waals surface area contributed by atoms with Gasteiger partial charge in [-0.3, -0.25) is 0 Å². The Bertz CT molecular complexity index is 775. The molecule has 0 atom stereocenters. The number of hydrogen-bond donors (Lipinski definition) is 0. The molecule has 0 nitrogen and oxygen atoms in total. The van der Waals surface area contributed by atoms with Crippen molar-refractivity contribution in [3.8, 4) is 0 Å². The first-order valence-electron chi connectivity index (χ1n) is 8.53. The molecule has 0 heterocycles. The summed E-state index contributed by atoms with van der Waals surface area (Å²) in [5, 5.41) is 0. The number of rotatable bonds is 5. The molecule has 1 aliphatic carbocycles. The number of allylic oxidation sites excluding steroid dienone is 2. The summed E-state index contributed by atoms with van der Waals surface area (Å²) in [5.41, 5.74) is 3.45. The van der Waals surface area contributed by atoms with Crippen LogP contribution in [0.15, 0.2) is 36.4 Å². The Kier molecular flexibility index (Phi) is 5.08. The molecule has 2 aromatic carbocycles. The van der Waals surface area contributed by atoms with E-state index in [2.05, 4.69) is 6.92 Å². The minimum atomic E-state index is -0.584. The summed E-state index contributed by atoms with van der Waals surface area (Å²) in [7, 11) is 0. The van der Waals surface area contributed by atoms with Crippen LogP contribution >= 0.6 is 0 Å². The molecule has 0 unspecified atom stereocenters. The van der Waals surface area contributed by atoms with Gasteiger partial charge in [-0.15, -0.1) is 0 Å². The molecule has 0 bridgehead atoms. The van der Waals surface area contributed by atoms with Crippen molar-refractivity contribution in [3.05, 3.63) is 76.1 Å². The highest BCUT2D eigenvalue weighted by Crippen LogP contribution is 2.31. The number of benzene rings is 2. The second-order valence-corrected chi connectivity index (χ2v) is 6.41. The first kappa shape index (κ1) is 16.8. The van der Waals surface area contributed by atoms with Crippen LogP contribution in [0.2, 0.25) is 0 Å². The molecule has 24 heavy (non-hydrogen) atoms. The Balaban J connectivity index is 1.81. The van der Waals surface area contributed by atoms with Crippen molar-refractivity contribution >= 4 is 5.57 Å². The number of fused-ring (bicyclic) bond motifs is 1. The molecular weight excluding hydrogens is 309 g/mol. The topological polar surface area (TPSA) is 0 Å². The number of hydrogen-bond acceptors (Lipinski definition) is 0. The lowest BCUT2D eigenvalue weighted by Gasteiger charge is -2.19. The largest absolute Gasteiger partial charge is 0.207 e. The van der Waals surface area contributed by atoms with Gasteiger partial charge in [0.05, 0.1) is 0 Å². The quantitative estimate of drug-likeness (QED) is 0.588. The summed E-state index contributed by atoms with van der Waals surface area (Å²) >= 11 is 0. The maximum absolute atomic E-state index is 14.5. The molecule has 0 amide bonds. The van der Waals surface area contributed by atoms with Crippen molar-refractivity contribution < 1.29 is 13.2 Å². The van der Waals surface area contributed by atoms with Crippen molar-refractivity contribution in [3.63, 3.8) is 0 Å². The smallest absolute Gasteiger partial charge is 0.130 e. The third-order valence-electron chi connectivity index (χ3n) is 4.63.